The number of pyridine rings is 1. The fraction of sp³-hybridized carbons (Fsp3) is 0.235. The Morgan fingerprint density at radius 1 is 1.17 bits per heavy atom. The fourth-order valence-electron chi connectivity index (χ4n) is 2.36. The molecule has 0 atom stereocenters. The number of amides is 1. The topological polar surface area (TPSA) is 82.7 Å². The number of nitrogens with one attached hydrogen (secondary N) is 3. The Bertz CT molecular complexity index is 769. The first-order valence-corrected chi connectivity index (χ1v) is 7.65. The second-order valence-corrected chi connectivity index (χ2v) is 5.28. The molecule has 0 spiro atoms. The lowest BCUT2D eigenvalue weighted by Crippen LogP contribution is -2.23. The smallest absolute Gasteiger partial charge is 0.220 e. The number of aromatic nitrogens is 3. The molecule has 0 aliphatic rings. The number of aromatic amines is 1. The van der Waals surface area contributed by atoms with Crippen LogP contribution in [-0.2, 0) is 11.3 Å². The van der Waals surface area contributed by atoms with Gasteiger partial charge in [-0.3, -0.25) is 14.9 Å². The van der Waals surface area contributed by atoms with Crippen molar-refractivity contribution in [3.05, 3.63) is 54.4 Å². The molecule has 3 aromatic rings. The number of hydrogen-bond acceptors (Lipinski definition) is 4. The molecule has 3 N–H and O–H groups in total. The standard InChI is InChI=1S/C17H19N5O/c23-16(20-11-13-5-2-1-3-6-13)7-4-9-18-14-8-10-19-15-12-21-22-17(14)15/h1-3,5-6,8,10,12H,4,7,9,11H2,(H,18,19)(H,20,23)(H,21,22). The Morgan fingerprint density at radius 3 is 2.91 bits per heavy atom. The van der Waals surface area contributed by atoms with Gasteiger partial charge in [-0.15, -0.1) is 0 Å². The largest absolute Gasteiger partial charge is 0.383 e. The highest BCUT2D eigenvalue weighted by atomic mass is 16.1. The van der Waals surface area contributed by atoms with Crippen LogP contribution in [0.2, 0.25) is 0 Å². The monoisotopic (exact) mass is 309 g/mol. The molecule has 0 aliphatic carbocycles. The van der Waals surface area contributed by atoms with Gasteiger partial charge in [0.15, 0.2) is 0 Å². The minimum absolute atomic E-state index is 0.0667. The van der Waals surface area contributed by atoms with Gasteiger partial charge in [-0.25, -0.2) is 0 Å². The Balaban J connectivity index is 1.39. The van der Waals surface area contributed by atoms with Crippen LogP contribution in [0.15, 0.2) is 48.8 Å². The summed E-state index contributed by atoms with van der Waals surface area (Å²) < 4.78 is 0. The number of benzene rings is 1. The van der Waals surface area contributed by atoms with Gasteiger partial charge in [0, 0.05) is 25.7 Å². The highest BCUT2D eigenvalue weighted by Crippen LogP contribution is 2.17. The SMILES string of the molecule is O=C(CCCNc1ccnc2cn[nH]c12)NCc1ccccc1. The van der Waals surface area contributed by atoms with E-state index < -0.39 is 0 Å². The maximum Gasteiger partial charge on any atom is 0.220 e. The predicted molar refractivity (Wildman–Crippen MR) is 89.9 cm³/mol. The quantitative estimate of drug-likeness (QED) is 0.586. The third-order valence-electron chi connectivity index (χ3n) is 3.57. The lowest BCUT2D eigenvalue weighted by Gasteiger charge is -2.08. The van der Waals surface area contributed by atoms with Crippen LogP contribution < -0.4 is 10.6 Å². The normalized spacial score (nSPS) is 10.6. The van der Waals surface area contributed by atoms with Crippen molar-refractivity contribution >= 4 is 22.6 Å². The van der Waals surface area contributed by atoms with Crippen LogP contribution in [-0.4, -0.2) is 27.6 Å². The molecule has 0 bridgehead atoms. The highest BCUT2D eigenvalue weighted by molar-refractivity contribution is 5.86. The molecular weight excluding hydrogens is 290 g/mol. The maximum absolute atomic E-state index is 11.8. The van der Waals surface area contributed by atoms with Crippen LogP contribution in [0.25, 0.3) is 11.0 Å². The minimum atomic E-state index is 0.0667. The lowest BCUT2D eigenvalue weighted by molar-refractivity contribution is -0.121. The van der Waals surface area contributed by atoms with Gasteiger partial charge in [0.1, 0.15) is 11.0 Å². The number of carbonyl (C=O) groups is 1. The highest BCUT2D eigenvalue weighted by Gasteiger charge is 2.04. The number of rotatable bonds is 7. The number of carbonyl (C=O) groups excluding carboxylic acids is 1. The molecule has 6 nitrogen and oxygen atoms in total. The van der Waals surface area contributed by atoms with Crippen molar-refractivity contribution in [3.8, 4) is 0 Å². The van der Waals surface area contributed by atoms with Gasteiger partial charge in [0.2, 0.25) is 5.91 Å². The summed E-state index contributed by atoms with van der Waals surface area (Å²) in [4.78, 5) is 16.0. The van der Waals surface area contributed by atoms with Gasteiger partial charge in [0.25, 0.3) is 0 Å². The van der Waals surface area contributed by atoms with Crippen LogP contribution in [0.3, 0.4) is 0 Å². The molecule has 3 rings (SSSR count). The third kappa shape index (κ3) is 4.06. The Labute approximate surface area is 134 Å². The molecule has 0 saturated carbocycles. The molecular formula is C17H19N5O. The van der Waals surface area contributed by atoms with E-state index in [9.17, 15) is 4.79 Å². The molecule has 1 amide bonds. The average molecular weight is 309 g/mol. The molecule has 0 aliphatic heterocycles. The van der Waals surface area contributed by atoms with E-state index >= 15 is 0 Å². The fourth-order valence-corrected chi connectivity index (χ4v) is 2.36. The number of H-pyrrole nitrogens is 1. The van der Waals surface area contributed by atoms with E-state index in [-0.39, 0.29) is 5.91 Å². The van der Waals surface area contributed by atoms with Gasteiger partial charge in [-0.05, 0) is 18.1 Å². The zero-order valence-electron chi connectivity index (χ0n) is 12.7. The van der Waals surface area contributed by atoms with Gasteiger partial charge < -0.3 is 10.6 Å². The molecule has 23 heavy (non-hydrogen) atoms. The summed E-state index contributed by atoms with van der Waals surface area (Å²) in [5.41, 5.74) is 3.78. The van der Waals surface area contributed by atoms with Crippen molar-refractivity contribution < 1.29 is 4.79 Å². The van der Waals surface area contributed by atoms with Gasteiger partial charge >= 0.3 is 0 Å². The van der Waals surface area contributed by atoms with Gasteiger partial charge in [0.05, 0.1) is 11.9 Å². The summed E-state index contributed by atoms with van der Waals surface area (Å²) in [5, 5.41) is 13.1. The zero-order valence-corrected chi connectivity index (χ0v) is 12.7. The summed E-state index contributed by atoms with van der Waals surface area (Å²) in [5.74, 6) is 0.0667. The number of hydrogen-bond donors (Lipinski definition) is 3. The third-order valence-corrected chi connectivity index (χ3v) is 3.57. The first-order valence-electron chi connectivity index (χ1n) is 7.65. The van der Waals surface area contributed by atoms with Crippen molar-refractivity contribution in [2.45, 2.75) is 19.4 Å². The van der Waals surface area contributed by atoms with E-state index in [1.807, 2.05) is 36.4 Å². The predicted octanol–water partition coefficient (Wildman–Crippen LogP) is 2.47. The van der Waals surface area contributed by atoms with Crippen molar-refractivity contribution in [1.82, 2.24) is 20.5 Å². The summed E-state index contributed by atoms with van der Waals surface area (Å²) in [7, 11) is 0. The van der Waals surface area contributed by atoms with E-state index in [1.54, 1.807) is 12.4 Å². The average Bonchev–Trinajstić information content (AvgIpc) is 3.07. The molecule has 0 fully saturated rings. The van der Waals surface area contributed by atoms with Crippen LogP contribution in [0.5, 0.6) is 0 Å². The number of nitrogens with zero attached hydrogens (tertiary/aromatic N) is 2. The van der Waals surface area contributed by atoms with E-state index in [0.717, 1.165) is 35.2 Å². The van der Waals surface area contributed by atoms with E-state index in [2.05, 4.69) is 25.8 Å². The first kappa shape index (κ1) is 15.0. The van der Waals surface area contributed by atoms with Crippen molar-refractivity contribution in [1.29, 1.82) is 0 Å². The lowest BCUT2D eigenvalue weighted by atomic mass is 10.2. The Hall–Kier alpha value is -2.89. The number of anilines is 1. The second kappa shape index (κ2) is 7.40. The van der Waals surface area contributed by atoms with Gasteiger partial charge in [-0.1, -0.05) is 30.3 Å². The van der Waals surface area contributed by atoms with Crippen molar-refractivity contribution in [2.24, 2.45) is 0 Å². The Kier molecular flexibility index (Phi) is 4.83. The van der Waals surface area contributed by atoms with E-state index in [0.29, 0.717) is 13.0 Å². The van der Waals surface area contributed by atoms with Crippen molar-refractivity contribution in [2.75, 3.05) is 11.9 Å². The first-order chi connectivity index (χ1) is 11.3. The van der Waals surface area contributed by atoms with E-state index in [1.165, 1.54) is 0 Å². The molecule has 118 valence electrons. The Morgan fingerprint density at radius 2 is 2.04 bits per heavy atom. The summed E-state index contributed by atoms with van der Waals surface area (Å²) in [6.07, 6.45) is 4.69. The molecule has 6 heteroatoms. The molecule has 0 saturated heterocycles. The van der Waals surface area contributed by atoms with Crippen LogP contribution >= 0.6 is 0 Å². The zero-order chi connectivity index (χ0) is 15.9. The molecule has 2 heterocycles. The molecule has 1 aromatic carbocycles. The number of fused-ring (bicyclic) bond motifs is 1. The minimum Gasteiger partial charge on any atom is -0.383 e. The molecule has 0 unspecified atom stereocenters. The van der Waals surface area contributed by atoms with Crippen LogP contribution in [0, 0.1) is 0 Å². The molecule has 0 radical (unpaired) electrons. The summed E-state index contributed by atoms with van der Waals surface area (Å²) >= 11 is 0. The van der Waals surface area contributed by atoms with Gasteiger partial charge in [-0.2, -0.15) is 5.10 Å². The van der Waals surface area contributed by atoms with Crippen molar-refractivity contribution in [3.63, 3.8) is 0 Å². The summed E-state index contributed by atoms with van der Waals surface area (Å²) in [6, 6.07) is 11.8. The van der Waals surface area contributed by atoms with Crippen LogP contribution in [0.1, 0.15) is 18.4 Å². The van der Waals surface area contributed by atoms with Crippen LogP contribution in [0.4, 0.5) is 5.69 Å². The summed E-state index contributed by atoms with van der Waals surface area (Å²) in [6.45, 7) is 1.29. The van der Waals surface area contributed by atoms with E-state index in [4.69, 9.17) is 0 Å². The second-order valence-electron chi connectivity index (χ2n) is 5.28. The maximum atomic E-state index is 11.8. The molecule has 2 aromatic heterocycles.